The van der Waals surface area contributed by atoms with E-state index in [9.17, 15) is 4.79 Å². The molecule has 5 heteroatoms. The van der Waals surface area contributed by atoms with Crippen LogP contribution in [0.3, 0.4) is 0 Å². The molecule has 1 atom stereocenters. The molecule has 4 rings (SSSR count). The largest absolute Gasteiger partial charge is 0.488 e. The molecule has 3 aliphatic rings. The number of hydrogen-bond donors (Lipinski definition) is 0. The van der Waals surface area contributed by atoms with Gasteiger partial charge in [0, 0.05) is 35.2 Å². The Bertz CT molecular complexity index is 658. The number of ether oxygens (including phenoxy) is 1. The van der Waals surface area contributed by atoms with E-state index in [0.29, 0.717) is 12.8 Å². The van der Waals surface area contributed by atoms with Gasteiger partial charge in [-0.3, -0.25) is 14.6 Å². The standard InChI is InChI=1S/C18H21BrN2O2/c19-14-4-5-15-16(13(11-22)12-23-17(15)9-14)10-21-8-2-7-20-6-1-3-18(20)21/h4-5,9,11,18H,1-3,6-8,10,12H2. The van der Waals surface area contributed by atoms with Crippen LogP contribution < -0.4 is 4.74 Å². The first kappa shape index (κ1) is 15.4. The molecule has 3 aliphatic heterocycles. The summed E-state index contributed by atoms with van der Waals surface area (Å²) in [4.78, 5) is 16.7. The smallest absolute Gasteiger partial charge is 0.149 e. The molecule has 0 aliphatic carbocycles. The van der Waals surface area contributed by atoms with Crippen LogP contribution in [0.5, 0.6) is 5.75 Å². The highest BCUT2D eigenvalue weighted by molar-refractivity contribution is 9.10. The molecule has 0 aromatic heterocycles. The van der Waals surface area contributed by atoms with Crippen molar-refractivity contribution >= 4 is 27.8 Å². The Labute approximate surface area is 145 Å². The van der Waals surface area contributed by atoms with E-state index in [1.54, 1.807) is 0 Å². The van der Waals surface area contributed by atoms with E-state index in [4.69, 9.17) is 4.74 Å². The van der Waals surface area contributed by atoms with Crippen molar-refractivity contribution in [2.24, 2.45) is 0 Å². The van der Waals surface area contributed by atoms with Gasteiger partial charge in [0.1, 0.15) is 18.6 Å². The number of rotatable bonds is 3. The first-order valence-corrected chi connectivity index (χ1v) is 9.13. The molecule has 4 nitrogen and oxygen atoms in total. The van der Waals surface area contributed by atoms with Crippen molar-refractivity contribution in [1.82, 2.24) is 9.80 Å². The molecular formula is C18H21BrN2O2. The average molecular weight is 377 g/mol. The number of carbonyl (C=O) groups is 1. The molecular weight excluding hydrogens is 356 g/mol. The lowest BCUT2D eigenvalue weighted by Crippen LogP contribution is -2.50. The number of carbonyl (C=O) groups excluding carboxylic acids is 1. The molecule has 2 saturated heterocycles. The van der Waals surface area contributed by atoms with Crippen LogP contribution in [-0.2, 0) is 4.79 Å². The van der Waals surface area contributed by atoms with Gasteiger partial charge in [0.2, 0.25) is 0 Å². The van der Waals surface area contributed by atoms with Crippen molar-refractivity contribution in [3.05, 3.63) is 33.8 Å². The van der Waals surface area contributed by atoms with E-state index in [1.165, 1.54) is 32.4 Å². The third-order valence-electron chi connectivity index (χ3n) is 5.18. The SMILES string of the molecule is O=CC1=C(CN2CCCN3CCCC32)c2ccc(Br)cc2OC1. The Morgan fingerprint density at radius 1 is 1.26 bits per heavy atom. The van der Waals surface area contributed by atoms with E-state index in [1.807, 2.05) is 12.1 Å². The normalized spacial score (nSPS) is 25.0. The van der Waals surface area contributed by atoms with Gasteiger partial charge in [-0.05, 0) is 49.6 Å². The van der Waals surface area contributed by atoms with Gasteiger partial charge in [0.25, 0.3) is 0 Å². The zero-order chi connectivity index (χ0) is 15.8. The molecule has 0 spiro atoms. The number of nitrogens with zero attached hydrogens (tertiary/aromatic N) is 2. The number of aldehydes is 1. The predicted octanol–water partition coefficient (Wildman–Crippen LogP) is 2.92. The number of halogens is 1. The molecule has 0 N–H and O–H groups in total. The minimum absolute atomic E-state index is 0.379. The molecule has 0 bridgehead atoms. The Kier molecular flexibility index (Phi) is 4.26. The van der Waals surface area contributed by atoms with Crippen LogP contribution in [0.1, 0.15) is 24.8 Å². The van der Waals surface area contributed by atoms with Crippen LogP contribution in [0.15, 0.2) is 28.2 Å². The summed E-state index contributed by atoms with van der Waals surface area (Å²) in [7, 11) is 0. The summed E-state index contributed by atoms with van der Waals surface area (Å²) in [5, 5.41) is 0. The highest BCUT2D eigenvalue weighted by Crippen LogP contribution is 2.36. The van der Waals surface area contributed by atoms with Gasteiger partial charge in [0.05, 0.1) is 6.17 Å². The number of benzene rings is 1. The predicted molar refractivity (Wildman–Crippen MR) is 93.4 cm³/mol. The topological polar surface area (TPSA) is 32.8 Å². The lowest BCUT2D eigenvalue weighted by Gasteiger charge is -2.41. The maximum absolute atomic E-state index is 11.5. The second-order valence-corrected chi connectivity index (χ2v) is 7.45. The van der Waals surface area contributed by atoms with E-state index < -0.39 is 0 Å². The monoisotopic (exact) mass is 376 g/mol. The quantitative estimate of drug-likeness (QED) is 0.759. The van der Waals surface area contributed by atoms with Gasteiger partial charge in [-0.1, -0.05) is 15.9 Å². The van der Waals surface area contributed by atoms with Crippen molar-refractivity contribution < 1.29 is 9.53 Å². The third-order valence-corrected chi connectivity index (χ3v) is 5.68. The molecule has 0 amide bonds. The fraction of sp³-hybridized carbons (Fsp3) is 0.500. The molecule has 122 valence electrons. The first-order chi connectivity index (χ1) is 11.3. The maximum Gasteiger partial charge on any atom is 0.149 e. The fourth-order valence-electron chi connectivity index (χ4n) is 4.07. The molecule has 1 aromatic rings. The summed E-state index contributed by atoms with van der Waals surface area (Å²) in [6.45, 7) is 4.77. The van der Waals surface area contributed by atoms with Crippen LogP contribution in [0.4, 0.5) is 0 Å². The van der Waals surface area contributed by atoms with E-state index >= 15 is 0 Å². The minimum atomic E-state index is 0.379. The lowest BCUT2D eigenvalue weighted by atomic mass is 9.96. The van der Waals surface area contributed by atoms with Crippen LogP contribution in [-0.4, -0.2) is 55.0 Å². The molecule has 2 fully saturated rings. The summed E-state index contributed by atoms with van der Waals surface area (Å²) in [6.07, 6.45) is 5.26. The van der Waals surface area contributed by atoms with Crippen LogP contribution >= 0.6 is 15.9 Å². The Morgan fingerprint density at radius 2 is 2.13 bits per heavy atom. The van der Waals surface area contributed by atoms with Gasteiger partial charge < -0.3 is 4.74 Å². The average Bonchev–Trinajstić information content (AvgIpc) is 3.04. The molecule has 3 heterocycles. The van der Waals surface area contributed by atoms with Gasteiger partial charge in [0.15, 0.2) is 0 Å². The molecule has 23 heavy (non-hydrogen) atoms. The van der Waals surface area contributed by atoms with Crippen LogP contribution in [0.25, 0.3) is 5.57 Å². The Hall–Kier alpha value is -1.17. The molecule has 1 aromatic carbocycles. The van der Waals surface area contributed by atoms with Gasteiger partial charge >= 0.3 is 0 Å². The Morgan fingerprint density at radius 3 is 3.00 bits per heavy atom. The van der Waals surface area contributed by atoms with E-state index in [0.717, 1.165) is 46.3 Å². The maximum atomic E-state index is 11.5. The number of fused-ring (bicyclic) bond motifs is 2. The van der Waals surface area contributed by atoms with Gasteiger partial charge in [-0.25, -0.2) is 0 Å². The summed E-state index contributed by atoms with van der Waals surface area (Å²) in [5.74, 6) is 0.875. The minimum Gasteiger partial charge on any atom is -0.488 e. The highest BCUT2D eigenvalue weighted by Gasteiger charge is 2.34. The van der Waals surface area contributed by atoms with Crippen LogP contribution in [0.2, 0.25) is 0 Å². The van der Waals surface area contributed by atoms with Crippen molar-refractivity contribution in [3.63, 3.8) is 0 Å². The Balaban J connectivity index is 1.66. The summed E-state index contributed by atoms with van der Waals surface area (Å²) in [5.41, 5.74) is 2.99. The van der Waals surface area contributed by atoms with E-state index in [-0.39, 0.29) is 0 Å². The first-order valence-electron chi connectivity index (χ1n) is 8.34. The molecule has 1 unspecified atom stereocenters. The van der Waals surface area contributed by atoms with Crippen LogP contribution in [0, 0.1) is 0 Å². The third kappa shape index (κ3) is 2.86. The second-order valence-electron chi connectivity index (χ2n) is 6.53. The fourth-order valence-corrected chi connectivity index (χ4v) is 4.41. The molecule has 0 radical (unpaired) electrons. The van der Waals surface area contributed by atoms with Gasteiger partial charge in [-0.15, -0.1) is 0 Å². The van der Waals surface area contributed by atoms with Gasteiger partial charge in [-0.2, -0.15) is 0 Å². The molecule has 0 saturated carbocycles. The van der Waals surface area contributed by atoms with Crippen molar-refractivity contribution in [1.29, 1.82) is 0 Å². The second kappa shape index (κ2) is 6.38. The van der Waals surface area contributed by atoms with Crippen molar-refractivity contribution in [2.75, 3.05) is 32.8 Å². The zero-order valence-corrected chi connectivity index (χ0v) is 14.7. The van der Waals surface area contributed by atoms with E-state index in [2.05, 4.69) is 31.8 Å². The highest BCUT2D eigenvalue weighted by atomic mass is 79.9. The van der Waals surface area contributed by atoms with Crippen molar-refractivity contribution in [3.8, 4) is 5.75 Å². The summed E-state index contributed by atoms with van der Waals surface area (Å²) in [6, 6.07) is 6.08. The summed E-state index contributed by atoms with van der Waals surface area (Å²) >= 11 is 3.50. The van der Waals surface area contributed by atoms with Crippen molar-refractivity contribution in [2.45, 2.75) is 25.4 Å². The summed E-state index contributed by atoms with van der Waals surface area (Å²) < 4.78 is 6.77. The lowest BCUT2D eigenvalue weighted by molar-refractivity contribution is -0.105. The number of hydrogen-bond acceptors (Lipinski definition) is 4. The zero-order valence-electron chi connectivity index (χ0n) is 13.1.